The minimum absolute atomic E-state index is 0.0597. The van der Waals surface area contributed by atoms with Crippen LogP contribution in [-0.2, 0) is 0 Å². The second kappa shape index (κ2) is 7.11. The van der Waals surface area contributed by atoms with Crippen LogP contribution in [0.4, 0.5) is 0 Å². The van der Waals surface area contributed by atoms with E-state index in [0.29, 0.717) is 12.1 Å². The lowest BCUT2D eigenvalue weighted by atomic mass is 10.2. The van der Waals surface area contributed by atoms with Crippen LogP contribution in [0.1, 0.15) is 22.3 Å². The lowest BCUT2D eigenvalue weighted by Crippen LogP contribution is -2.23. The van der Waals surface area contributed by atoms with Crippen LogP contribution in [0.15, 0.2) is 60.9 Å². The molecule has 3 heteroatoms. The number of hydrogen-bond donors (Lipinski definition) is 1. The van der Waals surface area contributed by atoms with E-state index < -0.39 is 0 Å². The summed E-state index contributed by atoms with van der Waals surface area (Å²) in [6, 6.07) is 13.5. The van der Waals surface area contributed by atoms with E-state index in [1.807, 2.05) is 30.3 Å². The Labute approximate surface area is 113 Å². The SMILES string of the molecule is O=C(NCC/C=C/c1ccccc1)c1ccncc1. The number of amides is 1. The molecule has 2 aromatic rings. The zero-order chi connectivity index (χ0) is 13.3. The summed E-state index contributed by atoms with van der Waals surface area (Å²) in [5, 5.41) is 2.87. The van der Waals surface area contributed by atoms with Gasteiger partial charge in [-0.15, -0.1) is 0 Å². The molecule has 0 spiro atoms. The van der Waals surface area contributed by atoms with Crippen molar-refractivity contribution >= 4 is 12.0 Å². The molecule has 0 aliphatic heterocycles. The smallest absolute Gasteiger partial charge is 0.251 e. The number of nitrogens with zero attached hydrogens (tertiary/aromatic N) is 1. The number of rotatable bonds is 5. The fourth-order valence-electron chi connectivity index (χ4n) is 1.66. The van der Waals surface area contributed by atoms with Crippen molar-refractivity contribution in [1.29, 1.82) is 0 Å². The third-order valence-electron chi connectivity index (χ3n) is 2.65. The molecule has 0 saturated carbocycles. The molecule has 3 nitrogen and oxygen atoms in total. The van der Waals surface area contributed by atoms with E-state index in [4.69, 9.17) is 0 Å². The Morgan fingerprint density at radius 1 is 1.11 bits per heavy atom. The average Bonchev–Trinajstić information content (AvgIpc) is 2.49. The Bertz CT molecular complexity index is 535. The van der Waals surface area contributed by atoms with Gasteiger partial charge >= 0.3 is 0 Å². The quantitative estimate of drug-likeness (QED) is 0.831. The van der Waals surface area contributed by atoms with Gasteiger partial charge in [-0.2, -0.15) is 0 Å². The van der Waals surface area contributed by atoms with Crippen molar-refractivity contribution in [3.63, 3.8) is 0 Å². The van der Waals surface area contributed by atoms with Gasteiger partial charge in [0.1, 0.15) is 0 Å². The van der Waals surface area contributed by atoms with Gasteiger partial charge in [-0.25, -0.2) is 0 Å². The molecule has 1 amide bonds. The van der Waals surface area contributed by atoms with Crippen LogP contribution in [0.2, 0.25) is 0 Å². The molecule has 1 aromatic heterocycles. The van der Waals surface area contributed by atoms with E-state index in [1.165, 1.54) is 5.56 Å². The molecule has 2 rings (SSSR count). The van der Waals surface area contributed by atoms with E-state index >= 15 is 0 Å². The Balaban J connectivity index is 1.73. The largest absolute Gasteiger partial charge is 0.352 e. The molecule has 0 saturated heterocycles. The number of aromatic nitrogens is 1. The summed E-state index contributed by atoms with van der Waals surface area (Å²) in [5.41, 5.74) is 1.81. The van der Waals surface area contributed by atoms with Gasteiger partial charge < -0.3 is 5.32 Å². The first kappa shape index (κ1) is 13.0. The molecular weight excluding hydrogens is 236 g/mol. The highest BCUT2D eigenvalue weighted by molar-refractivity contribution is 5.93. The van der Waals surface area contributed by atoms with Crippen molar-refractivity contribution in [3.05, 3.63) is 72.1 Å². The highest BCUT2D eigenvalue weighted by Gasteiger charge is 2.01. The van der Waals surface area contributed by atoms with Crippen molar-refractivity contribution in [3.8, 4) is 0 Å². The molecule has 0 aliphatic rings. The van der Waals surface area contributed by atoms with Crippen molar-refractivity contribution in [2.75, 3.05) is 6.54 Å². The van der Waals surface area contributed by atoms with Crippen LogP contribution >= 0.6 is 0 Å². The van der Waals surface area contributed by atoms with Crippen molar-refractivity contribution in [2.24, 2.45) is 0 Å². The predicted molar refractivity (Wildman–Crippen MR) is 76.7 cm³/mol. The zero-order valence-electron chi connectivity index (χ0n) is 10.6. The second-order valence-corrected chi connectivity index (χ2v) is 4.09. The average molecular weight is 252 g/mol. The second-order valence-electron chi connectivity index (χ2n) is 4.09. The number of benzene rings is 1. The first-order chi connectivity index (χ1) is 9.36. The van der Waals surface area contributed by atoms with Crippen molar-refractivity contribution < 1.29 is 4.79 Å². The summed E-state index contributed by atoms with van der Waals surface area (Å²) in [6.45, 7) is 0.629. The lowest BCUT2D eigenvalue weighted by molar-refractivity contribution is 0.0954. The molecule has 0 unspecified atom stereocenters. The fraction of sp³-hybridized carbons (Fsp3) is 0.125. The Morgan fingerprint density at radius 3 is 2.58 bits per heavy atom. The molecule has 1 N–H and O–H groups in total. The predicted octanol–water partition coefficient (Wildman–Crippen LogP) is 2.91. The third kappa shape index (κ3) is 4.39. The minimum atomic E-state index is -0.0597. The third-order valence-corrected chi connectivity index (χ3v) is 2.65. The highest BCUT2D eigenvalue weighted by Crippen LogP contribution is 2.01. The van der Waals surface area contributed by atoms with Crippen molar-refractivity contribution in [2.45, 2.75) is 6.42 Å². The van der Waals surface area contributed by atoms with E-state index in [2.05, 4.69) is 22.5 Å². The number of carbonyl (C=O) groups is 1. The maximum absolute atomic E-state index is 11.7. The van der Waals surface area contributed by atoms with Crippen LogP contribution in [0.3, 0.4) is 0 Å². The summed E-state index contributed by atoms with van der Waals surface area (Å²) in [5.74, 6) is -0.0597. The first-order valence-corrected chi connectivity index (χ1v) is 6.26. The van der Waals surface area contributed by atoms with E-state index in [9.17, 15) is 4.79 Å². The fourth-order valence-corrected chi connectivity index (χ4v) is 1.66. The standard InChI is InChI=1S/C16H16N2O/c19-16(15-9-12-17-13-10-15)18-11-5-4-8-14-6-2-1-3-7-14/h1-4,6-10,12-13H,5,11H2,(H,18,19)/b8-4+. The minimum Gasteiger partial charge on any atom is -0.352 e. The summed E-state index contributed by atoms with van der Waals surface area (Å²) in [6.07, 6.45) is 8.15. The molecule has 0 fully saturated rings. The zero-order valence-corrected chi connectivity index (χ0v) is 10.6. The Hall–Kier alpha value is -2.42. The van der Waals surface area contributed by atoms with Gasteiger partial charge in [0.05, 0.1) is 0 Å². The summed E-state index contributed by atoms with van der Waals surface area (Å²) >= 11 is 0. The summed E-state index contributed by atoms with van der Waals surface area (Å²) < 4.78 is 0. The maximum Gasteiger partial charge on any atom is 0.251 e. The number of hydrogen-bond acceptors (Lipinski definition) is 2. The molecule has 19 heavy (non-hydrogen) atoms. The van der Waals surface area contributed by atoms with Crippen LogP contribution < -0.4 is 5.32 Å². The molecule has 0 atom stereocenters. The number of nitrogens with one attached hydrogen (secondary N) is 1. The van der Waals surface area contributed by atoms with E-state index in [1.54, 1.807) is 24.5 Å². The molecule has 0 aliphatic carbocycles. The van der Waals surface area contributed by atoms with Crippen LogP contribution in [-0.4, -0.2) is 17.4 Å². The first-order valence-electron chi connectivity index (χ1n) is 6.26. The molecule has 96 valence electrons. The molecule has 0 radical (unpaired) electrons. The normalized spacial score (nSPS) is 10.5. The number of carbonyl (C=O) groups excluding carboxylic acids is 1. The van der Waals surface area contributed by atoms with Gasteiger partial charge in [0.25, 0.3) is 5.91 Å². The van der Waals surface area contributed by atoms with Crippen LogP contribution in [0, 0.1) is 0 Å². The lowest BCUT2D eigenvalue weighted by Gasteiger charge is -2.02. The number of pyridine rings is 1. The van der Waals surface area contributed by atoms with Crippen molar-refractivity contribution in [1.82, 2.24) is 10.3 Å². The molecule has 0 bridgehead atoms. The van der Waals surface area contributed by atoms with E-state index in [-0.39, 0.29) is 5.91 Å². The van der Waals surface area contributed by atoms with Gasteiger partial charge in [0.15, 0.2) is 0 Å². The maximum atomic E-state index is 11.7. The van der Waals surface area contributed by atoms with Gasteiger partial charge in [0, 0.05) is 24.5 Å². The van der Waals surface area contributed by atoms with Gasteiger partial charge in [0.2, 0.25) is 0 Å². The van der Waals surface area contributed by atoms with E-state index in [0.717, 1.165) is 6.42 Å². The molecule has 1 heterocycles. The van der Waals surface area contributed by atoms with Crippen LogP contribution in [0.5, 0.6) is 0 Å². The summed E-state index contributed by atoms with van der Waals surface area (Å²) in [7, 11) is 0. The summed E-state index contributed by atoms with van der Waals surface area (Å²) in [4.78, 5) is 15.6. The highest BCUT2D eigenvalue weighted by atomic mass is 16.1. The van der Waals surface area contributed by atoms with Gasteiger partial charge in [-0.3, -0.25) is 9.78 Å². The van der Waals surface area contributed by atoms with Crippen LogP contribution in [0.25, 0.3) is 6.08 Å². The monoisotopic (exact) mass is 252 g/mol. The Morgan fingerprint density at radius 2 is 1.84 bits per heavy atom. The van der Waals surface area contributed by atoms with Gasteiger partial charge in [-0.05, 0) is 24.1 Å². The Kier molecular flexibility index (Phi) is 4.87. The molecular formula is C16H16N2O. The van der Waals surface area contributed by atoms with Gasteiger partial charge in [-0.1, -0.05) is 42.5 Å². The topological polar surface area (TPSA) is 42.0 Å². The molecule has 1 aromatic carbocycles.